The van der Waals surface area contributed by atoms with Gasteiger partial charge in [-0.05, 0) is 6.07 Å². The molecule has 0 spiro atoms. The van der Waals surface area contributed by atoms with Crippen molar-refractivity contribution in [3.63, 3.8) is 0 Å². The van der Waals surface area contributed by atoms with Gasteiger partial charge in [-0.25, -0.2) is 15.4 Å². The summed E-state index contributed by atoms with van der Waals surface area (Å²) in [6.07, 6.45) is 8.94. The molecule has 1 heterocycles. The number of hydrogen-bond acceptors (Lipinski definition) is 4. The second-order valence-corrected chi connectivity index (χ2v) is 2.23. The van der Waals surface area contributed by atoms with Gasteiger partial charge >= 0.3 is 0 Å². The molecule has 1 atom stereocenters. The van der Waals surface area contributed by atoms with E-state index in [2.05, 4.69) is 21.3 Å². The average Bonchev–Trinajstić information content (AvgIpc) is 2.15. The zero-order valence-corrected chi connectivity index (χ0v) is 6.57. The molecule has 12 heavy (non-hydrogen) atoms. The molecule has 0 aliphatic rings. The Morgan fingerprint density at radius 3 is 2.75 bits per heavy atom. The second-order valence-electron chi connectivity index (χ2n) is 2.23. The van der Waals surface area contributed by atoms with Gasteiger partial charge in [-0.1, -0.05) is 0 Å². The van der Waals surface area contributed by atoms with Crippen molar-refractivity contribution in [1.29, 1.82) is 0 Å². The van der Waals surface area contributed by atoms with Crippen LogP contribution in [0.5, 0.6) is 0 Å². The summed E-state index contributed by atoms with van der Waals surface area (Å²) in [6.45, 7) is 0. The predicted molar refractivity (Wildman–Crippen MR) is 45.5 cm³/mol. The van der Waals surface area contributed by atoms with Gasteiger partial charge in [-0.2, -0.15) is 0 Å². The van der Waals surface area contributed by atoms with Crippen LogP contribution in [0.3, 0.4) is 0 Å². The molecule has 0 amide bonds. The fourth-order valence-corrected chi connectivity index (χ4v) is 0.833. The van der Waals surface area contributed by atoms with Gasteiger partial charge in [0.15, 0.2) is 0 Å². The van der Waals surface area contributed by atoms with Crippen LogP contribution in [0.15, 0.2) is 18.5 Å². The monoisotopic (exact) mass is 162 g/mol. The van der Waals surface area contributed by atoms with Crippen LogP contribution in [-0.4, -0.2) is 9.97 Å². The predicted octanol–water partition coefficient (Wildman–Crippen LogP) is 0.00430. The highest BCUT2D eigenvalue weighted by Crippen LogP contribution is 2.07. The standard InChI is InChI=1S/C8H10N4/c1-2-4-7(12-9)8-10-5-3-6-11-8/h1,3,5-7,12H,4,9H2. The lowest BCUT2D eigenvalue weighted by Crippen LogP contribution is -2.29. The van der Waals surface area contributed by atoms with Gasteiger partial charge < -0.3 is 0 Å². The first-order valence-electron chi connectivity index (χ1n) is 3.55. The van der Waals surface area contributed by atoms with E-state index in [4.69, 9.17) is 12.3 Å². The number of hydrazine groups is 1. The van der Waals surface area contributed by atoms with Crippen molar-refractivity contribution in [3.05, 3.63) is 24.3 Å². The van der Waals surface area contributed by atoms with E-state index in [0.717, 1.165) is 0 Å². The van der Waals surface area contributed by atoms with E-state index in [9.17, 15) is 0 Å². The summed E-state index contributed by atoms with van der Waals surface area (Å²) in [5.74, 6) is 8.38. The highest BCUT2D eigenvalue weighted by Gasteiger charge is 2.09. The van der Waals surface area contributed by atoms with E-state index in [-0.39, 0.29) is 6.04 Å². The zero-order valence-electron chi connectivity index (χ0n) is 6.57. The van der Waals surface area contributed by atoms with Crippen LogP contribution >= 0.6 is 0 Å². The van der Waals surface area contributed by atoms with E-state index >= 15 is 0 Å². The van der Waals surface area contributed by atoms with Crippen LogP contribution in [0.2, 0.25) is 0 Å². The van der Waals surface area contributed by atoms with Crippen molar-refractivity contribution in [2.45, 2.75) is 12.5 Å². The Morgan fingerprint density at radius 2 is 2.25 bits per heavy atom. The molecular weight excluding hydrogens is 152 g/mol. The molecule has 0 aromatic carbocycles. The van der Waals surface area contributed by atoms with E-state index in [0.29, 0.717) is 12.2 Å². The van der Waals surface area contributed by atoms with Crippen LogP contribution in [0.4, 0.5) is 0 Å². The minimum absolute atomic E-state index is 0.156. The minimum Gasteiger partial charge on any atom is -0.271 e. The number of nitrogens with one attached hydrogen (secondary N) is 1. The molecule has 4 nitrogen and oxygen atoms in total. The van der Waals surface area contributed by atoms with Crippen LogP contribution in [-0.2, 0) is 0 Å². The Balaban J connectivity index is 2.75. The van der Waals surface area contributed by atoms with E-state index in [1.165, 1.54) is 0 Å². The molecular formula is C8H10N4. The molecule has 1 aromatic rings. The van der Waals surface area contributed by atoms with Crippen LogP contribution in [0.1, 0.15) is 18.3 Å². The SMILES string of the molecule is C#CCC(NN)c1ncccn1. The molecule has 0 aliphatic carbocycles. The van der Waals surface area contributed by atoms with Crippen molar-refractivity contribution in [2.24, 2.45) is 5.84 Å². The normalized spacial score (nSPS) is 12.0. The third-order valence-electron chi connectivity index (χ3n) is 1.42. The average molecular weight is 162 g/mol. The van der Waals surface area contributed by atoms with Crippen molar-refractivity contribution < 1.29 is 0 Å². The molecule has 1 unspecified atom stereocenters. The Bertz CT molecular complexity index is 264. The Morgan fingerprint density at radius 1 is 1.58 bits per heavy atom. The number of hydrogen-bond donors (Lipinski definition) is 2. The lowest BCUT2D eigenvalue weighted by molar-refractivity contribution is 0.537. The molecule has 0 fully saturated rings. The van der Waals surface area contributed by atoms with Crippen molar-refractivity contribution in [2.75, 3.05) is 0 Å². The summed E-state index contributed by atoms with van der Waals surface area (Å²) in [5.41, 5.74) is 2.55. The summed E-state index contributed by atoms with van der Waals surface area (Å²) in [4.78, 5) is 8.04. The first-order chi connectivity index (χ1) is 5.88. The lowest BCUT2D eigenvalue weighted by Gasteiger charge is -2.09. The van der Waals surface area contributed by atoms with Gasteiger partial charge in [0.25, 0.3) is 0 Å². The van der Waals surface area contributed by atoms with Crippen LogP contribution < -0.4 is 11.3 Å². The Kier molecular flexibility index (Phi) is 3.20. The van der Waals surface area contributed by atoms with E-state index in [1.54, 1.807) is 18.5 Å². The molecule has 3 N–H and O–H groups in total. The van der Waals surface area contributed by atoms with Crippen LogP contribution in [0, 0.1) is 12.3 Å². The number of aromatic nitrogens is 2. The van der Waals surface area contributed by atoms with Gasteiger partial charge in [-0.15, -0.1) is 12.3 Å². The number of rotatable bonds is 3. The lowest BCUT2D eigenvalue weighted by atomic mass is 10.2. The molecule has 62 valence electrons. The fourth-order valence-electron chi connectivity index (χ4n) is 0.833. The summed E-state index contributed by atoms with van der Waals surface area (Å²) in [6, 6.07) is 1.59. The Hall–Kier alpha value is -1.44. The summed E-state index contributed by atoms with van der Waals surface area (Å²) < 4.78 is 0. The van der Waals surface area contributed by atoms with Gasteiger partial charge in [0.2, 0.25) is 0 Å². The zero-order chi connectivity index (χ0) is 8.81. The van der Waals surface area contributed by atoms with Gasteiger partial charge in [-0.3, -0.25) is 5.84 Å². The number of nitrogens with zero attached hydrogens (tertiary/aromatic N) is 2. The van der Waals surface area contributed by atoms with Gasteiger partial charge in [0.05, 0.1) is 6.04 Å². The molecule has 0 bridgehead atoms. The number of terminal acetylenes is 1. The Labute approximate surface area is 71.2 Å². The largest absolute Gasteiger partial charge is 0.271 e. The quantitative estimate of drug-likeness (QED) is 0.373. The smallest absolute Gasteiger partial charge is 0.147 e. The maximum absolute atomic E-state index is 5.27. The maximum atomic E-state index is 5.27. The first kappa shape index (κ1) is 8.65. The highest BCUT2D eigenvalue weighted by atomic mass is 15.2. The molecule has 1 aromatic heterocycles. The van der Waals surface area contributed by atoms with Crippen molar-refractivity contribution in [1.82, 2.24) is 15.4 Å². The minimum atomic E-state index is -0.156. The fraction of sp³-hybridized carbons (Fsp3) is 0.250. The third kappa shape index (κ3) is 2.02. The molecule has 0 saturated carbocycles. The topological polar surface area (TPSA) is 63.8 Å². The molecule has 0 aliphatic heterocycles. The van der Waals surface area contributed by atoms with Gasteiger partial charge in [0.1, 0.15) is 5.82 Å². The number of nitrogens with two attached hydrogens (primary N) is 1. The summed E-state index contributed by atoms with van der Waals surface area (Å²) in [5, 5.41) is 0. The summed E-state index contributed by atoms with van der Waals surface area (Å²) >= 11 is 0. The maximum Gasteiger partial charge on any atom is 0.147 e. The second kappa shape index (κ2) is 4.44. The highest BCUT2D eigenvalue weighted by molar-refractivity contribution is 5.00. The first-order valence-corrected chi connectivity index (χ1v) is 3.55. The molecule has 1 rings (SSSR count). The molecule has 0 saturated heterocycles. The van der Waals surface area contributed by atoms with Crippen LogP contribution in [0.25, 0.3) is 0 Å². The van der Waals surface area contributed by atoms with Gasteiger partial charge in [0, 0.05) is 18.8 Å². The molecule has 0 radical (unpaired) electrons. The van der Waals surface area contributed by atoms with Crippen molar-refractivity contribution >= 4 is 0 Å². The van der Waals surface area contributed by atoms with E-state index < -0.39 is 0 Å². The third-order valence-corrected chi connectivity index (χ3v) is 1.42. The van der Waals surface area contributed by atoms with Crippen molar-refractivity contribution in [3.8, 4) is 12.3 Å². The summed E-state index contributed by atoms with van der Waals surface area (Å²) in [7, 11) is 0. The molecule has 4 heteroatoms. The van der Waals surface area contributed by atoms with E-state index in [1.807, 2.05) is 0 Å².